The van der Waals surface area contributed by atoms with E-state index in [1.807, 2.05) is 36.1 Å². The minimum atomic E-state index is -0.157. The molecule has 5 heteroatoms. The van der Waals surface area contributed by atoms with Gasteiger partial charge in [-0.25, -0.2) is 0 Å². The molecule has 2 aromatic rings. The summed E-state index contributed by atoms with van der Waals surface area (Å²) in [7, 11) is 3.27. The van der Waals surface area contributed by atoms with E-state index in [1.54, 1.807) is 14.2 Å². The number of ether oxygens (including phenoxy) is 3. The molecule has 156 valence electrons. The van der Waals surface area contributed by atoms with Gasteiger partial charge in [-0.3, -0.25) is 4.79 Å². The zero-order valence-corrected chi connectivity index (χ0v) is 18.0. The molecule has 0 aliphatic carbocycles. The number of fused-ring (bicyclic) bond motifs is 1. The second-order valence-corrected chi connectivity index (χ2v) is 7.65. The van der Waals surface area contributed by atoms with Gasteiger partial charge in [0, 0.05) is 13.0 Å². The Balaban J connectivity index is 1.89. The summed E-state index contributed by atoms with van der Waals surface area (Å²) in [5, 5.41) is 0. The van der Waals surface area contributed by atoms with Gasteiger partial charge in [0.25, 0.3) is 0 Å². The Kier molecular flexibility index (Phi) is 6.68. The highest BCUT2D eigenvalue weighted by molar-refractivity contribution is 5.77. The first-order chi connectivity index (χ1) is 14.0. The van der Waals surface area contributed by atoms with Crippen LogP contribution in [-0.2, 0) is 11.2 Å². The number of benzene rings is 2. The molecule has 0 aromatic heterocycles. The summed E-state index contributed by atoms with van der Waals surface area (Å²) in [4.78, 5) is 14.5. The van der Waals surface area contributed by atoms with E-state index in [0.29, 0.717) is 37.0 Å². The molecule has 0 saturated carbocycles. The summed E-state index contributed by atoms with van der Waals surface area (Å²) in [6.07, 6.45) is 1.27. The molecule has 5 nitrogen and oxygen atoms in total. The van der Waals surface area contributed by atoms with Gasteiger partial charge in [-0.1, -0.05) is 32.9 Å². The van der Waals surface area contributed by atoms with Crippen LogP contribution in [0.5, 0.6) is 17.2 Å². The van der Waals surface area contributed by atoms with Crippen molar-refractivity contribution in [1.82, 2.24) is 4.90 Å². The van der Waals surface area contributed by atoms with Crippen LogP contribution < -0.4 is 14.2 Å². The van der Waals surface area contributed by atoms with Crippen LogP contribution >= 0.6 is 0 Å². The molecule has 0 unspecified atom stereocenters. The first-order valence-corrected chi connectivity index (χ1v) is 10.3. The number of nitrogens with zero attached hydrogens (tertiary/aromatic N) is 1. The van der Waals surface area contributed by atoms with Crippen LogP contribution in [0, 0.1) is 0 Å². The molecule has 0 radical (unpaired) electrons. The summed E-state index contributed by atoms with van der Waals surface area (Å²) in [6, 6.07) is 12.0. The smallest absolute Gasteiger partial charge is 0.222 e. The van der Waals surface area contributed by atoms with Gasteiger partial charge in [-0.2, -0.15) is 0 Å². The maximum atomic E-state index is 12.6. The number of hydrogen-bond donors (Lipinski definition) is 0. The molecular weight excluding hydrogens is 366 g/mol. The number of amides is 1. The van der Waals surface area contributed by atoms with Crippen molar-refractivity contribution in [1.29, 1.82) is 0 Å². The Labute approximate surface area is 173 Å². The van der Waals surface area contributed by atoms with Gasteiger partial charge in [0.1, 0.15) is 12.4 Å². The second kappa shape index (κ2) is 9.21. The highest BCUT2D eigenvalue weighted by Crippen LogP contribution is 2.38. The van der Waals surface area contributed by atoms with E-state index in [2.05, 4.69) is 26.0 Å². The van der Waals surface area contributed by atoms with Crippen molar-refractivity contribution in [3.8, 4) is 17.2 Å². The molecule has 1 atom stereocenters. The Morgan fingerprint density at radius 2 is 1.76 bits per heavy atom. The van der Waals surface area contributed by atoms with Crippen molar-refractivity contribution in [2.75, 3.05) is 27.4 Å². The number of rotatable bonds is 7. The molecule has 29 heavy (non-hydrogen) atoms. The highest BCUT2D eigenvalue weighted by Gasteiger charge is 2.32. The second-order valence-electron chi connectivity index (χ2n) is 7.65. The van der Waals surface area contributed by atoms with Gasteiger partial charge in [-0.05, 0) is 53.3 Å². The van der Waals surface area contributed by atoms with Crippen LogP contribution in [0.3, 0.4) is 0 Å². The van der Waals surface area contributed by atoms with Gasteiger partial charge < -0.3 is 19.1 Å². The molecule has 1 aliphatic heterocycles. The van der Waals surface area contributed by atoms with Crippen LogP contribution in [-0.4, -0.2) is 38.2 Å². The van der Waals surface area contributed by atoms with Gasteiger partial charge in [0.05, 0.1) is 20.3 Å². The molecular formula is C24H31NO4. The lowest BCUT2D eigenvalue weighted by Crippen LogP contribution is -2.42. The SMILES string of the molecule is CCC(=O)N1CCc2cc(OC)c(OC)cc2[C@H]1COc1ccc(C(C)C)cc1. The number of carbonyl (C=O) groups excluding carboxylic acids is 1. The normalized spacial score (nSPS) is 15.8. The average Bonchev–Trinajstić information content (AvgIpc) is 2.75. The van der Waals surface area contributed by atoms with E-state index in [4.69, 9.17) is 14.2 Å². The van der Waals surface area contributed by atoms with Crippen LogP contribution in [0.4, 0.5) is 0 Å². The number of hydrogen-bond acceptors (Lipinski definition) is 4. The molecule has 0 spiro atoms. The minimum absolute atomic E-state index is 0.134. The van der Waals surface area contributed by atoms with Crippen molar-refractivity contribution in [3.63, 3.8) is 0 Å². The van der Waals surface area contributed by atoms with Crippen LogP contribution in [0.25, 0.3) is 0 Å². The summed E-state index contributed by atoms with van der Waals surface area (Å²) in [5.74, 6) is 2.81. The number of carbonyl (C=O) groups is 1. The average molecular weight is 398 g/mol. The summed E-state index contributed by atoms with van der Waals surface area (Å²) in [5.41, 5.74) is 3.51. The van der Waals surface area contributed by atoms with Crippen LogP contribution in [0.2, 0.25) is 0 Å². The fourth-order valence-electron chi connectivity index (χ4n) is 3.83. The van der Waals surface area contributed by atoms with Gasteiger partial charge in [0.2, 0.25) is 5.91 Å². The summed E-state index contributed by atoms with van der Waals surface area (Å²) in [6.45, 7) is 7.31. The van der Waals surface area contributed by atoms with Gasteiger partial charge >= 0.3 is 0 Å². The van der Waals surface area contributed by atoms with Crippen molar-refractivity contribution in [2.45, 2.75) is 45.6 Å². The van der Waals surface area contributed by atoms with E-state index in [-0.39, 0.29) is 11.9 Å². The Morgan fingerprint density at radius 3 is 2.34 bits per heavy atom. The lowest BCUT2D eigenvalue weighted by atomic mass is 9.92. The molecule has 2 aromatic carbocycles. The molecule has 3 rings (SSSR count). The van der Waals surface area contributed by atoms with Gasteiger partial charge in [-0.15, -0.1) is 0 Å². The quantitative estimate of drug-likeness (QED) is 0.677. The predicted molar refractivity (Wildman–Crippen MR) is 114 cm³/mol. The molecule has 0 bridgehead atoms. The zero-order valence-electron chi connectivity index (χ0n) is 18.0. The van der Waals surface area contributed by atoms with E-state index in [0.717, 1.165) is 17.7 Å². The Hall–Kier alpha value is -2.69. The topological polar surface area (TPSA) is 48.0 Å². The lowest BCUT2D eigenvalue weighted by molar-refractivity contribution is -0.134. The van der Waals surface area contributed by atoms with E-state index in [9.17, 15) is 4.79 Å². The van der Waals surface area contributed by atoms with Crippen molar-refractivity contribution in [2.24, 2.45) is 0 Å². The summed E-state index contributed by atoms with van der Waals surface area (Å²) >= 11 is 0. The van der Waals surface area contributed by atoms with Crippen LogP contribution in [0.15, 0.2) is 36.4 Å². The predicted octanol–water partition coefficient (Wildman–Crippen LogP) is 4.74. The van der Waals surface area contributed by atoms with Crippen LogP contribution in [0.1, 0.15) is 55.8 Å². The first kappa shape index (κ1) is 21.0. The zero-order chi connectivity index (χ0) is 21.0. The molecule has 0 N–H and O–H groups in total. The highest BCUT2D eigenvalue weighted by atomic mass is 16.5. The maximum absolute atomic E-state index is 12.6. The third kappa shape index (κ3) is 4.50. The molecule has 1 amide bonds. The van der Waals surface area contributed by atoms with Gasteiger partial charge in [0.15, 0.2) is 11.5 Å². The molecule has 0 saturated heterocycles. The van der Waals surface area contributed by atoms with E-state index in [1.165, 1.54) is 11.1 Å². The Morgan fingerprint density at radius 1 is 1.10 bits per heavy atom. The maximum Gasteiger partial charge on any atom is 0.222 e. The minimum Gasteiger partial charge on any atom is -0.493 e. The number of methoxy groups -OCH3 is 2. The third-order valence-corrected chi connectivity index (χ3v) is 5.58. The molecule has 0 fully saturated rings. The molecule has 1 heterocycles. The van der Waals surface area contributed by atoms with E-state index >= 15 is 0 Å². The third-order valence-electron chi connectivity index (χ3n) is 5.58. The monoisotopic (exact) mass is 397 g/mol. The Bertz CT molecular complexity index is 845. The first-order valence-electron chi connectivity index (χ1n) is 10.3. The standard InChI is InChI=1S/C24H31NO4/c1-6-24(26)25-12-11-18-13-22(27-4)23(28-5)14-20(18)21(25)15-29-19-9-7-17(8-10-19)16(2)3/h7-10,13-14,16,21H,6,11-12,15H2,1-5H3/t21-/m1/s1. The summed E-state index contributed by atoms with van der Waals surface area (Å²) < 4.78 is 17.1. The largest absolute Gasteiger partial charge is 0.493 e. The lowest BCUT2D eigenvalue weighted by Gasteiger charge is -2.37. The van der Waals surface area contributed by atoms with E-state index < -0.39 is 0 Å². The fraction of sp³-hybridized carbons (Fsp3) is 0.458. The molecule has 1 aliphatic rings. The fourth-order valence-corrected chi connectivity index (χ4v) is 3.83. The van der Waals surface area contributed by atoms with Crippen molar-refractivity contribution >= 4 is 5.91 Å². The van der Waals surface area contributed by atoms with Crippen molar-refractivity contribution in [3.05, 3.63) is 53.1 Å². The van der Waals surface area contributed by atoms with Crippen molar-refractivity contribution < 1.29 is 19.0 Å².